The van der Waals surface area contributed by atoms with E-state index >= 15 is 0 Å². The fourth-order valence-electron chi connectivity index (χ4n) is 2.19. The quantitative estimate of drug-likeness (QED) is 0.902. The van der Waals surface area contributed by atoms with E-state index in [0.29, 0.717) is 0 Å². The number of hydrogen-bond donors (Lipinski definition) is 1. The van der Waals surface area contributed by atoms with Crippen molar-refractivity contribution in [2.24, 2.45) is 5.73 Å². The first kappa shape index (κ1) is 12.7. The Morgan fingerprint density at radius 3 is 2.47 bits per heavy atom. The number of rotatable bonds is 2. The van der Waals surface area contributed by atoms with Crippen molar-refractivity contribution in [3.8, 4) is 0 Å². The van der Waals surface area contributed by atoms with Gasteiger partial charge >= 0.3 is 0 Å². The van der Waals surface area contributed by atoms with E-state index < -0.39 is 0 Å². The van der Waals surface area contributed by atoms with E-state index in [1.807, 2.05) is 6.26 Å². The molecule has 0 fully saturated rings. The summed E-state index contributed by atoms with van der Waals surface area (Å²) in [7, 11) is 0. The molecule has 0 amide bonds. The molecule has 2 N–H and O–H groups in total. The number of halogens is 1. The van der Waals surface area contributed by atoms with Gasteiger partial charge in [0, 0.05) is 4.47 Å². The van der Waals surface area contributed by atoms with Gasteiger partial charge in [0.05, 0.1) is 18.9 Å². The molecule has 1 aromatic carbocycles. The van der Waals surface area contributed by atoms with Gasteiger partial charge < -0.3 is 10.5 Å². The van der Waals surface area contributed by atoms with E-state index in [1.54, 1.807) is 0 Å². The van der Waals surface area contributed by atoms with Gasteiger partial charge in [0.1, 0.15) is 0 Å². The lowest BCUT2D eigenvalue weighted by molar-refractivity contribution is 0.221. The zero-order valence-electron chi connectivity index (χ0n) is 10.3. The predicted octanol–water partition coefficient (Wildman–Crippen LogP) is 3.76. The smallest absolute Gasteiger partial charge is 0.0876 e. The van der Waals surface area contributed by atoms with Crippen LogP contribution in [0.1, 0.15) is 35.6 Å². The first-order chi connectivity index (χ1) is 8.09. The molecule has 1 aromatic rings. The highest BCUT2D eigenvalue weighted by Gasteiger charge is 2.16. The van der Waals surface area contributed by atoms with Crippen LogP contribution in [0.5, 0.6) is 0 Å². The molecule has 0 saturated carbocycles. The molecular formula is C14H18BrNO. The summed E-state index contributed by atoms with van der Waals surface area (Å²) < 4.78 is 6.53. The van der Waals surface area contributed by atoms with Gasteiger partial charge in [-0.2, -0.15) is 0 Å². The van der Waals surface area contributed by atoms with Crippen molar-refractivity contribution < 1.29 is 4.74 Å². The minimum atomic E-state index is -0.0409. The van der Waals surface area contributed by atoms with Gasteiger partial charge in [-0.25, -0.2) is 0 Å². The third-order valence-electron chi connectivity index (χ3n) is 3.18. The summed E-state index contributed by atoms with van der Waals surface area (Å²) >= 11 is 3.58. The first-order valence-electron chi connectivity index (χ1n) is 5.92. The van der Waals surface area contributed by atoms with Crippen molar-refractivity contribution in [2.45, 2.75) is 32.7 Å². The second kappa shape index (κ2) is 5.23. The molecule has 1 aliphatic rings. The monoisotopic (exact) mass is 295 g/mol. The molecule has 0 radical (unpaired) electrons. The molecule has 1 heterocycles. The summed E-state index contributed by atoms with van der Waals surface area (Å²) in [5, 5.41) is 0. The van der Waals surface area contributed by atoms with Crippen molar-refractivity contribution in [3.63, 3.8) is 0 Å². The zero-order chi connectivity index (χ0) is 12.4. The summed E-state index contributed by atoms with van der Waals surface area (Å²) in [6.07, 6.45) is 3.93. The van der Waals surface area contributed by atoms with E-state index in [-0.39, 0.29) is 6.04 Å². The maximum atomic E-state index is 6.29. The van der Waals surface area contributed by atoms with Gasteiger partial charge in [-0.1, -0.05) is 28.1 Å². The summed E-state index contributed by atoms with van der Waals surface area (Å²) in [6, 6.07) is 4.26. The first-order valence-corrected chi connectivity index (χ1v) is 6.71. The molecule has 1 aliphatic heterocycles. The third-order valence-corrected chi connectivity index (χ3v) is 4.43. The number of hydrogen-bond acceptors (Lipinski definition) is 2. The van der Waals surface area contributed by atoms with Gasteiger partial charge in [0.25, 0.3) is 0 Å². The van der Waals surface area contributed by atoms with Crippen molar-refractivity contribution in [3.05, 3.63) is 45.1 Å². The van der Waals surface area contributed by atoms with Crippen LogP contribution in [-0.2, 0) is 4.74 Å². The summed E-state index contributed by atoms with van der Waals surface area (Å²) in [5.41, 5.74) is 11.1. The second-order valence-corrected chi connectivity index (χ2v) is 5.41. The topological polar surface area (TPSA) is 35.2 Å². The molecule has 0 bridgehead atoms. The van der Waals surface area contributed by atoms with Crippen LogP contribution in [0.2, 0.25) is 0 Å². The molecule has 0 aromatic heterocycles. The van der Waals surface area contributed by atoms with Crippen molar-refractivity contribution >= 4 is 15.9 Å². The van der Waals surface area contributed by atoms with Crippen LogP contribution in [0.15, 0.2) is 28.4 Å². The maximum absolute atomic E-state index is 6.29. The van der Waals surface area contributed by atoms with Gasteiger partial charge in [-0.15, -0.1) is 0 Å². The van der Waals surface area contributed by atoms with E-state index in [9.17, 15) is 0 Å². The standard InChI is InChI=1S/C14H18BrNO/c1-9-6-12(7-10(2)13(9)15)14(16)11-4-3-5-17-8-11/h6-8,14H,3-5,16H2,1-2H3. The van der Waals surface area contributed by atoms with Gasteiger partial charge in [-0.05, 0) is 49.0 Å². The summed E-state index contributed by atoms with van der Waals surface area (Å²) in [6.45, 7) is 5.01. The summed E-state index contributed by atoms with van der Waals surface area (Å²) in [4.78, 5) is 0. The van der Waals surface area contributed by atoms with Gasteiger partial charge in [-0.3, -0.25) is 0 Å². The van der Waals surface area contributed by atoms with Crippen LogP contribution in [0.25, 0.3) is 0 Å². The average molecular weight is 296 g/mol. The molecule has 1 atom stereocenters. The Morgan fingerprint density at radius 2 is 1.94 bits per heavy atom. The van der Waals surface area contributed by atoms with E-state index in [0.717, 1.165) is 19.4 Å². The van der Waals surface area contributed by atoms with Crippen molar-refractivity contribution in [1.82, 2.24) is 0 Å². The predicted molar refractivity (Wildman–Crippen MR) is 73.8 cm³/mol. The van der Waals surface area contributed by atoms with E-state index in [4.69, 9.17) is 10.5 Å². The average Bonchev–Trinajstić information content (AvgIpc) is 2.35. The molecule has 0 spiro atoms. The Balaban J connectivity index is 2.30. The van der Waals surface area contributed by atoms with Crippen LogP contribution in [-0.4, -0.2) is 6.61 Å². The maximum Gasteiger partial charge on any atom is 0.0876 e. The Labute approximate surface area is 111 Å². The van der Waals surface area contributed by atoms with Gasteiger partial charge in [0.15, 0.2) is 0 Å². The number of nitrogens with two attached hydrogens (primary N) is 1. The minimum Gasteiger partial charge on any atom is -0.501 e. The van der Waals surface area contributed by atoms with Crippen LogP contribution in [0.4, 0.5) is 0 Å². The van der Waals surface area contributed by atoms with Crippen molar-refractivity contribution in [2.75, 3.05) is 6.61 Å². The fourth-order valence-corrected chi connectivity index (χ4v) is 2.42. The molecule has 1 unspecified atom stereocenters. The largest absolute Gasteiger partial charge is 0.501 e. The molecule has 3 heteroatoms. The molecule has 92 valence electrons. The Morgan fingerprint density at radius 1 is 1.29 bits per heavy atom. The highest BCUT2D eigenvalue weighted by atomic mass is 79.9. The lowest BCUT2D eigenvalue weighted by Gasteiger charge is -2.21. The van der Waals surface area contributed by atoms with Gasteiger partial charge in [0.2, 0.25) is 0 Å². The zero-order valence-corrected chi connectivity index (χ0v) is 11.9. The highest BCUT2D eigenvalue weighted by molar-refractivity contribution is 9.10. The Hall–Kier alpha value is -0.800. The van der Waals surface area contributed by atoms with Crippen LogP contribution >= 0.6 is 15.9 Å². The summed E-state index contributed by atoms with van der Waals surface area (Å²) in [5.74, 6) is 0. The van der Waals surface area contributed by atoms with Crippen molar-refractivity contribution in [1.29, 1.82) is 0 Å². The normalized spacial score (nSPS) is 17.3. The highest BCUT2D eigenvalue weighted by Crippen LogP contribution is 2.30. The van der Waals surface area contributed by atoms with Crippen LogP contribution < -0.4 is 5.73 Å². The molecule has 17 heavy (non-hydrogen) atoms. The molecule has 0 aliphatic carbocycles. The molecule has 2 nitrogen and oxygen atoms in total. The second-order valence-electron chi connectivity index (χ2n) is 4.61. The number of benzene rings is 1. The lowest BCUT2D eigenvalue weighted by atomic mass is 9.94. The Bertz CT molecular complexity index is 431. The van der Waals surface area contributed by atoms with E-state index in [2.05, 4.69) is 41.9 Å². The minimum absolute atomic E-state index is 0.0409. The third kappa shape index (κ3) is 2.72. The Kier molecular flexibility index (Phi) is 3.89. The molecule has 0 saturated heterocycles. The van der Waals surface area contributed by atoms with Crippen LogP contribution in [0, 0.1) is 13.8 Å². The van der Waals surface area contributed by atoms with Crippen LogP contribution in [0.3, 0.4) is 0 Å². The lowest BCUT2D eigenvalue weighted by Crippen LogP contribution is -2.16. The fraction of sp³-hybridized carbons (Fsp3) is 0.429. The molecular weight excluding hydrogens is 278 g/mol. The molecule has 2 rings (SSSR count). The van der Waals surface area contributed by atoms with E-state index in [1.165, 1.54) is 26.7 Å². The SMILES string of the molecule is Cc1cc(C(N)C2=COCCC2)cc(C)c1Br. The number of ether oxygens (including phenoxy) is 1. The number of aryl methyl sites for hydroxylation is 2.